The SMILES string of the molecule is CN(C)CCn1nnnc1SCC(=O)N1CCC(C(=O)Nc2ccccc2)CC1. The fourth-order valence-electron chi connectivity index (χ4n) is 3.11. The van der Waals surface area contributed by atoms with Crippen LogP contribution in [-0.4, -0.2) is 81.3 Å². The average molecular weight is 418 g/mol. The van der Waals surface area contributed by atoms with Gasteiger partial charge in [-0.3, -0.25) is 9.59 Å². The van der Waals surface area contributed by atoms with Crippen LogP contribution in [-0.2, 0) is 16.1 Å². The highest BCUT2D eigenvalue weighted by Gasteiger charge is 2.27. The zero-order valence-corrected chi connectivity index (χ0v) is 17.6. The van der Waals surface area contributed by atoms with Gasteiger partial charge in [0.2, 0.25) is 17.0 Å². The van der Waals surface area contributed by atoms with Gasteiger partial charge in [-0.2, -0.15) is 0 Å². The molecule has 0 unspecified atom stereocenters. The minimum Gasteiger partial charge on any atom is -0.342 e. The molecule has 1 aliphatic rings. The molecule has 3 rings (SSSR count). The molecule has 1 aliphatic heterocycles. The molecule has 1 aromatic carbocycles. The number of benzene rings is 1. The van der Waals surface area contributed by atoms with Crippen LogP contribution in [0, 0.1) is 5.92 Å². The second-order valence-corrected chi connectivity index (χ2v) is 8.23. The number of nitrogens with one attached hydrogen (secondary N) is 1. The number of carbonyl (C=O) groups excluding carboxylic acids is 2. The molecule has 1 aromatic heterocycles. The van der Waals surface area contributed by atoms with Crippen LogP contribution in [0.1, 0.15) is 12.8 Å². The highest BCUT2D eigenvalue weighted by Crippen LogP contribution is 2.21. The first kappa shape index (κ1) is 21.3. The minimum atomic E-state index is -0.0646. The molecule has 2 aromatic rings. The third-order valence-corrected chi connectivity index (χ3v) is 5.78. The number of para-hydroxylation sites is 1. The number of thioether (sulfide) groups is 1. The van der Waals surface area contributed by atoms with Gasteiger partial charge in [0.15, 0.2) is 0 Å². The van der Waals surface area contributed by atoms with E-state index in [-0.39, 0.29) is 17.7 Å². The van der Waals surface area contributed by atoms with Gasteiger partial charge in [-0.1, -0.05) is 30.0 Å². The Morgan fingerprint density at radius 2 is 1.93 bits per heavy atom. The van der Waals surface area contributed by atoms with Crippen LogP contribution in [0.25, 0.3) is 0 Å². The number of rotatable bonds is 8. The maximum Gasteiger partial charge on any atom is 0.233 e. The molecule has 0 bridgehead atoms. The van der Waals surface area contributed by atoms with Crippen LogP contribution in [0.5, 0.6) is 0 Å². The van der Waals surface area contributed by atoms with Gasteiger partial charge in [0.05, 0.1) is 12.3 Å². The third kappa shape index (κ3) is 6.26. The Morgan fingerprint density at radius 3 is 2.62 bits per heavy atom. The van der Waals surface area contributed by atoms with E-state index >= 15 is 0 Å². The van der Waals surface area contributed by atoms with Gasteiger partial charge in [-0.25, -0.2) is 4.68 Å². The lowest BCUT2D eigenvalue weighted by molar-refractivity contribution is -0.132. The van der Waals surface area contributed by atoms with Gasteiger partial charge in [0.25, 0.3) is 0 Å². The maximum absolute atomic E-state index is 12.6. The van der Waals surface area contributed by atoms with Gasteiger partial charge >= 0.3 is 0 Å². The highest BCUT2D eigenvalue weighted by molar-refractivity contribution is 7.99. The summed E-state index contributed by atoms with van der Waals surface area (Å²) < 4.78 is 1.72. The van der Waals surface area contributed by atoms with E-state index in [1.807, 2.05) is 49.3 Å². The summed E-state index contributed by atoms with van der Waals surface area (Å²) in [5, 5.41) is 15.3. The zero-order valence-electron chi connectivity index (χ0n) is 16.8. The molecule has 0 aliphatic carbocycles. The topological polar surface area (TPSA) is 96.2 Å². The molecule has 0 radical (unpaired) electrons. The van der Waals surface area contributed by atoms with Crippen LogP contribution in [0.15, 0.2) is 35.5 Å². The predicted molar refractivity (Wildman–Crippen MR) is 111 cm³/mol. The van der Waals surface area contributed by atoms with Gasteiger partial charge in [0, 0.05) is 31.2 Å². The Bertz CT molecular complexity index is 804. The molecule has 0 spiro atoms. The first-order valence-electron chi connectivity index (χ1n) is 9.70. The number of anilines is 1. The van der Waals surface area contributed by atoms with Crippen LogP contribution in [0.2, 0.25) is 0 Å². The van der Waals surface area contributed by atoms with Crippen molar-refractivity contribution in [3.63, 3.8) is 0 Å². The lowest BCUT2D eigenvalue weighted by atomic mass is 9.96. The Kier molecular flexibility index (Phi) is 7.59. The fraction of sp³-hybridized carbons (Fsp3) is 0.526. The van der Waals surface area contributed by atoms with E-state index in [0.717, 1.165) is 12.2 Å². The number of hydrogen-bond donors (Lipinski definition) is 1. The van der Waals surface area contributed by atoms with E-state index in [1.165, 1.54) is 11.8 Å². The number of tetrazole rings is 1. The van der Waals surface area contributed by atoms with Crippen LogP contribution in [0.4, 0.5) is 5.69 Å². The molecule has 1 saturated heterocycles. The van der Waals surface area contributed by atoms with Crippen molar-refractivity contribution in [1.82, 2.24) is 30.0 Å². The Hall–Kier alpha value is -2.46. The number of likely N-dealkylation sites (tertiary alicyclic amines) is 1. The van der Waals surface area contributed by atoms with E-state index in [1.54, 1.807) is 4.68 Å². The largest absolute Gasteiger partial charge is 0.342 e. The predicted octanol–water partition coefficient (Wildman–Crippen LogP) is 1.20. The summed E-state index contributed by atoms with van der Waals surface area (Å²) in [5.74, 6) is 0.311. The molecule has 9 nitrogen and oxygen atoms in total. The zero-order chi connectivity index (χ0) is 20.6. The van der Waals surface area contributed by atoms with Crippen LogP contribution >= 0.6 is 11.8 Å². The van der Waals surface area contributed by atoms with Crippen molar-refractivity contribution in [2.75, 3.05) is 44.8 Å². The summed E-state index contributed by atoms with van der Waals surface area (Å²) in [6, 6.07) is 9.45. The Labute approximate surface area is 174 Å². The Morgan fingerprint density at radius 1 is 1.21 bits per heavy atom. The standard InChI is InChI=1S/C19H27N7O2S/c1-24(2)12-13-26-19(21-22-23-26)29-14-17(27)25-10-8-15(9-11-25)18(28)20-16-6-4-3-5-7-16/h3-7,15H,8-14H2,1-2H3,(H,20,28). The summed E-state index contributed by atoms with van der Waals surface area (Å²) in [4.78, 5) is 28.9. The number of piperidine rings is 1. The molecule has 29 heavy (non-hydrogen) atoms. The molecular weight excluding hydrogens is 390 g/mol. The second kappa shape index (κ2) is 10.4. The van der Waals surface area contributed by atoms with E-state index in [4.69, 9.17) is 0 Å². The monoisotopic (exact) mass is 417 g/mol. The molecule has 1 N–H and O–H groups in total. The van der Waals surface area contributed by atoms with Crippen LogP contribution < -0.4 is 5.32 Å². The van der Waals surface area contributed by atoms with Crippen molar-refractivity contribution < 1.29 is 9.59 Å². The van der Waals surface area contributed by atoms with Crippen molar-refractivity contribution in [1.29, 1.82) is 0 Å². The highest BCUT2D eigenvalue weighted by atomic mass is 32.2. The van der Waals surface area contributed by atoms with Gasteiger partial charge in [-0.05, 0) is 49.5 Å². The molecule has 1 fully saturated rings. The number of nitrogens with zero attached hydrogens (tertiary/aromatic N) is 6. The molecule has 10 heteroatoms. The molecule has 0 saturated carbocycles. The van der Waals surface area contributed by atoms with Gasteiger partial charge < -0.3 is 15.1 Å². The molecule has 2 heterocycles. The number of hydrogen-bond acceptors (Lipinski definition) is 7. The normalized spacial score (nSPS) is 14.9. The van der Waals surface area contributed by atoms with Crippen LogP contribution in [0.3, 0.4) is 0 Å². The average Bonchev–Trinajstić information content (AvgIpc) is 3.18. The summed E-state index contributed by atoms with van der Waals surface area (Å²) in [7, 11) is 3.98. The molecule has 0 atom stereocenters. The molecule has 2 amide bonds. The third-order valence-electron chi connectivity index (χ3n) is 4.84. The maximum atomic E-state index is 12.6. The van der Waals surface area contributed by atoms with Crippen molar-refractivity contribution in [3.8, 4) is 0 Å². The Balaban J connectivity index is 1.42. The summed E-state index contributed by atoms with van der Waals surface area (Å²) in [5.41, 5.74) is 0.805. The smallest absolute Gasteiger partial charge is 0.233 e. The van der Waals surface area contributed by atoms with Gasteiger partial charge in [0.1, 0.15) is 0 Å². The minimum absolute atomic E-state index is 0.0257. The van der Waals surface area contributed by atoms with Crippen molar-refractivity contribution in [2.24, 2.45) is 5.92 Å². The number of aromatic nitrogens is 4. The lowest BCUT2D eigenvalue weighted by Gasteiger charge is -2.31. The van der Waals surface area contributed by atoms with Crippen molar-refractivity contribution >= 4 is 29.3 Å². The summed E-state index contributed by atoms with van der Waals surface area (Å²) in [6.45, 7) is 2.69. The lowest BCUT2D eigenvalue weighted by Crippen LogP contribution is -2.42. The summed E-state index contributed by atoms with van der Waals surface area (Å²) >= 11 is 1.35. The first-order chi connectivity index (χ1) is 14.0. The van der Waals surface area contributed by atoms with E-state index < -0.39 is 0 Å². The number of carbonyl (C=O) groups is 2. The molecule has 156 valence electrons. The number of amides is 2. The van der Waals surface area contributed by atoms with Crippen molar-refractivity contribution in [2.45, 2.75) is 24.5 Å². The van der Waals surface area contributed by atoms with E-state index in [2.05, 4.69) is 25.7 Å². The summed E-state index contributed by atoms with van der Waals surface area (Å²) in [6.07, 6.45) is 1.35. The molecular formula is C19H27N7O2S. The fourth-order valence-corrected chi connectivity index (χ4v) is 3.92. The van der Waals surface area contributed by atoms with Gasteiger partial charge in [-0.15, -0.1) is 5.10 Å². The van der Waals surface area contributed by atoms with E-state index in [0.29, 0.717) is 43.4 Å². The van der Waals surface area contributed by atoms with E-state index in [9.17, 15) is 9.59 Å². The number of likely N-dealkylation sites (N-methyl/N-ethyl adjacent to an activating group) is 1. The second-order valence-electron chi connectivity index (χ2n) is 7.29. The quantitative estimate of drug-likeness (QED) is 0.645. The first-order valence-corrected chi connectivity index (χ1v) is 10.7. The van der Waals surface area contributed by atoms with Crippen molar-refractivity contribution in [3.05, 3.63) is 30.3 Å².